The van der Waals surface area contributed by atoms with Gasteiger partial charge in [0.1, 0.15) is 0 Å². The van der Waals surface area contributed by atoms with E-state index in [1.807, 2.05) is 0 Å². The molecule has 1 atom stereocenters. The lowest BCUT2D eigenvalue weighted by Crippen LogP contribution is -2.59. The van der Waals surface area contributed by atoms with Crippen LogP contribution in [0, 0.1) is 0 Å². The van der Waals surface area contributed by atoms with Gasteiger partial charge in [-0.3, -0.25) is 0 Å². The number of benzene rings is 1. The topological polar surface area (TPSA) is 6.48 Å². The predicted octanol–water partition coefficient (Wildman–Crippen LogP) is 2.57. The molecule has 0 bridgehead atoms. The highest BCUT2D eigenvalue weighted by molar-refractivity contribution is 6.80. The molecule has 1 aromatic rings. The number of hydrogen-bond donors (Lipinski definition) is 0. The summed E-state index contributed by atoms with van der Waals surface area (Å²) in [7, 11) is 2.21. The molecule has 2 nitrogen and oxygen atoms in total. The van der Waals surface area contributed by atoms with Gasteiger partial charge >= 0.3 is 0 Å². The van der Waals surface area contributed by atoms with Crippen molar-refractivity contribution in [3.8, 4) is 0 Å². The number of anilines is 1. The van der Waals surface area contributed by atoms with Crippen LogP contribution in [0.15, 0.2) is 30.3 Å². The number of rotatable bonds is 1. The molecule has 0 aliphatic carbocycles. The van der Waals surface area contributed by atoms with Crippen LogP contribution < -0.4 is 4.81 Å². The van der Waals surface area contributed by atoms with Crippen LogP contribution in [-0.4, -0.2) is 32.2 Å². The van der Waals surface area contributed by atoms with Crippen molar-refractivity contribution in [2.24, 2.45) is 0 Å². The van der Waals surface area contributed by atoms with Crippen LogP contribution in [0.25, 0.3) is 0 Å². The Morgan fingerprint density at radius 1 is 1.12 bits per heavy atom. The van der Waals surface area contributed by atoms with Crippen LogP contribution in [0.3, 0.4) is 0 Å². The van der Waals surface area contributed by atoms with E-state index in [2.05, 4.69) is 67.6 Å². The lowest BCUT2D eigenvalue weighted by atomic mass is 9.31. The Balaban J connectivity index is 2.23. The Bertz CT molecular complexity index is 344. The average Bonchev–Trinajstić information content (AvgIpc) is 2.32. The van der Waals surface area contributed by atoms with E-state index in [4.69, 9.17) is 0 Å². The first-order valence-electron chi connectivity index (χ1n) is 6.13. The van der Waals surface area contributed by atoms with Crippen LogP contribution in [0.4, 0.5) is 5.69 Å². The first-order chi connectivity index (χ1) is 7.61. The third-order valence-corrected chi connectivity index (χ3v) is 4.17. The summed E-state index contributed by atoms with van der Waals surface area (Å²) in [5.41, 5.74) is 2.03. The van der Waals surface area contributed by atoms with E-state index in [0.29, 0.717) is 19.4 Å². The van der Waals surface area contributed by atoms with E-state index in [9.17, 15) is 0 Å². The van der Waals surface area contributed by atoms with Gasteiger partial charge in [-0.15, -0.1) is 0 Å². The molecular formula is C12H20B2N2. The first-order valence-corrected chi connectivity index (χ1v) is 6.13. The standard InChI is InChI=1S/C12H20B2N2/c1-11-13(2)15(4)10-16(14(11)3)12-8-6-5-7-9-12/h5-9,11H,10H2,1-4H3. The zero-order chi connectivity index (χ0) is 11.7. The lowest BCUT2D eigenvalue weighted by molar-refractivity contribution is 0.519. The molecule has 84 valence electrons. The van der Waals surface area contributed by atoms with E-state index in [-0.39, 0.29) is 0 Å². The quantitative estimate of drug-likeness (QED) is 0.662. The van der Waals surface area contributed by atoms with Crippen LogP contribution in [0.2, 0.25) is 19.4 Å². The molecule has 0 amide bonds. The van der Waals surface area contributed by atoms with Crippen LogP contribution in [-0.2, 0) is 0 Å². The van der Waals surface area contributed by atoms with E-state index in [0.717, 1.165) is 6.67 Å². The minimum atomic E-state index is 0.605. The maximum absolute atomic E-state index is 2.49. The Morgan fingerprint density at radius 3 is 2.38 bits per heavy atom. The van der Waals surface area contributed by atoms with Gasteiger partial charge in [0.05, 0.1) is 0 Å². The highest BCUT2D eigenvalue weighted by Crippen LogP contribution is 2.28. The summed E-state index contributed by atoms with van der Waals surface area (Å²) in [6, 6.07) is 10.7. The van der Waals surface area contributed by atoms with Gasteiger partial charge in [-0.1, -0.05) is 44.5 Å². The third kappa shape index (κ3) is 1.99. The average molecular weight is 214 g/mol. The summed E-state index contributed by atoms with van der Waals surface area (Å²) in [6.45, 7) is 9.30. The van der Waals surface area contributed by atoms with Gasteiger partial charge in [-0.05, 0) is 19.2 Å². The van der Waals surface area contributed by atoms with Gasteiger partial charge in [-0.25, -0.2) is 0 Å². The molecule has 0 N–H and O–H groups in total. The van der Waals surface area contributed by atoms with Crippen molar-refractivity contribution in [3.05, 3.63) is 30.3 Å². The van der Waals surface area contributed by atoms with Crippen LogP contribution >= 0.6 is 0 Å². The summed E-state index contributed by atoms with van der Waals surface area (Å²) in [5, 5.41) is 0. The van der Waals surface area contributed by atoms with Gasteiger partial charge in [0.25, 0.3) is 0 Å². The smallest absolute Gasteiger partial charge is 0.249 e. The fourth-order valence-electron chi connectivity index (χ4n) is 2.52. The molecule has 1 aromatic carbocycles. The summed E-state index contributed by atoms with van der Waals surface area (Å²) >= 11 is 0. The SMILES string of the molecule is CB1C(C)B(C)N(c2ccccc2)CN1C. The minimum Gasteiger partial charge on any atom is -0.404 e. The molecule has 1 heterocycles. The van der Waals surface area contributed by atoms with Crippen molar-refractivity contribution >= 4 is 19.4 Å². The van der Waals surface area contributed by atoms with E-state index in [1.165, 1.54) is 5.69 Å². The minimum absolute atomic E-state index is 0.605. The zero-order valence-electron chi connectivity index (χ0n) is 10.7. The molecule has 4 heteroatoms. The lowest BCUT2D eigenvalue weighted by Gasteiger charge is -2.45. The summed E-state index contributed by atoms with van der Waals surface area (Å²) in [6.07, 6.45) is 0. The molecule has 16 heavy (non-hydrogen) atoms. The normalized spacial score (nSPS) is 22.8. The number of para-hydroxylation sites is 1. The van der Waals surface area contributed by atoms with Crippen molar-refractivity contribution in [1.82, 2.24) is 4.81 Å². The Labute approximate surface area is 99.8 Å². The molecule has 2 rings (SSSR count). The highest BCUT2D eigenvalue weighted by atomic mass is 15.3. The molecule has 1 unspecified atom stereocenters. The van der Waals surface area contributed by atoms with Crippen LogP contribution in [0.1, 0.15) is 6.92 Å². The van der Waals surface area contributed by atoms with Crippen molar-refractivity contribution in [1.29, 1.82) is 0 Å². The molecule has 1 aliphatic heterocycles. The molecule has 0 saturated carbocycles. The Hall–Kier alpha value is -0.890. The summed E-state index contributed by atoms with van der Waals surface area (Å²) in [5.74, 6) is 0. The maximum Gasteiger partial charge on any atom is 0.249 e. The second-order valence-corrected chi connectivity index (χ2v) is 5.04. The van der Waals surface area contributed by atoms with Crippen molar-refractivity contribution in [2.75, 3.05) is 18.5 Å². The third-order valence-electron chi connectivity index (χ3n) is 4.17. The van der Waals surface area contributed by atoms with Crippen molar-refractivity contribution in [3.63, 3.8) is 0 Å². The predicted molar refractivity (Wildman–Crippen MR) is 74.2 cm³/mol. The maximum atomic E-state index is 2.49. The van der Waals surface area contributed by atoms with E-state index >= 15 is 0 Å². The molecule has 1 fully saturated rings. The van der Waals surface area contributed by atoms with Gasteiger partial charge in [0.2, 0.25) is 13.7 Å². The largest absolute Gasteiger partial charge is 0.404 e. The Morgan fingerprint density at radius 2 is 1.75 bits per heavy atom. The fourth-order valence-corrected chi connectivity index (χ4v) is 2.52. The fraction of sp³-hybridized carbons (Fsp3) is 0.500. The number of nitrogens with zero attached hydrogens (tertiary/aromatic N) is 2. The summed E-state index contributed by atoms with van der Waals surface area (Å²) in [4.78, 5) is 4.92. The molecule has 0 spiro atoms. The molecular weight excluding hydrogens is 194 g/mol. The number of hydrogen-bond acceptors (Lipinski definition) is 2. The van der Waals surface area contributed by atoms with Gasteiger partial charge in [-0.2, -0.15) is 0 Å². The molecule has 1 aliphatic rings. The zero-order valence-corrected chi connectivity index (χ0v) is 10.7. The Kier molecular flexibility index (Phi) is 3.29. The van der Waals surface area contributed by atoms with Crippen LogP contribution in [0.5, 0.6) is 0 Å². The highest BCUT2D eigenvalue weighted by Gasteiger charge is 2.38. The van der Waals surface area contributed by atoms with Gasteiger partial charge in [0, 0.05) is 12.4 Å². The van der Waals surface area contributed by atoms with Gasteiger partial charge < -0.3 is 9.62 Å². The van der Waals surface area contributed by atoms with E-state index < -0.39 is 0 Å². The second kappa shape index (κ2) is 4.54. The first kappa shape index (κ1) is 11.6. The second-order valence-electron chi connectivity index (χ2n) is 5.04. The monoisotopic (exact) mass is 214 g/mol. The molecule has 0 aromatic heterocycles. The van der Waals surface area contributed by atoms with E-state index in [1.54, 1.807) is 0 Å². The van der Waals surface area contributed by atoms with Crippen molar-refractivity contribution < 1.29 is 0 Å². The molecule has 1 saturated heterocycles. The van der Waals surface area contributed by atoms with Crippen molar-refractivity contribution in [2.45, 2.75) is 26.3 Å². The summed E-state index contributed by atoms with van der Waals surface area (Å²) < 4.78 is 0. The van der Waals surface area contributed by atoms with Gasteiger partial charge in [0.15, 0.2) is 0 Å². The molecule has 0 radical (unpaired) electrons.